The summed E-state index contributed by atoms with van der Waals surface area (Å²) in [5.41, 5.74) is 7.31. The Labute approximate surface area is 114 Å². The normalized spacial score (nSPS) is 17.0. The van der Waals surface area contributed by atoms with Gasteiger partial charge in [0.1, 0.15) is 5.82 Å². The molecule has 0 saturated heterocycles. The van der Waals surface area contributed by atoms with Gasteiger partial charge in [0.15, 0.2) is 0 Å². The Balaban J connectivity index is 2.06. The molecule has 3 N–H and O–H groups in total. The largest absolute Gasteiger partial charge is 0.398 e. The van der Waals surface area contributed by atoms with Gasteiger partial charge >= 0.3 is 0 Å². The molecule has 0 heterocycles. The molecule has 2 rings (SSSR count). The summed E-state index contributed by atoms with van der Waals surface area (Å²) in [7, 11) is 0. The lowest BCUT2D eigenvalue weighted by molar-refractivity contribution is 0.117. The molecule has 0 bridgehead atoms. The molecule has 4 heteroatoms. The van der Waals surface area contributed by atoms with Crippen molar-refractivity contribution in [2.24, 2.45) is 0 Å². The second kappa shape index (κ2) is 6.87. The standard InChI is InChI=1S/C15H23FN2O/c16-13-7-6-12(15(17)10-13)11-18(8-9-19)14-4-2-1-3-5-14/h6-7,10,14,19H,1-5,8-9,11,17H2. The first-order valence-corrected chi connectivity index (χ1v) is 7.09. The predicted octanol–water partition coefficient (Wildman–Crippen LogP) is 2.53. The van der Waals surface area contributed by atoms with Crippen molar-refractivity contribution in [2.45, 2.75) is 44.7 Å². The average Bonchev–Trinajstić information content (AvgIpc) is 2.42. The number of hydrogen-bond acceptors (Lipinski definition) is 3. The van der Waals surface area contributed by atoms with Crippen molar-refractivity contribution >= 4 is 5.69 Å². The van der Waals surface area contributed by atoms with E-state index in [4.69, 9.17) is 5.73 Å². The van der Waals surface area contributed by atoms with Crippen LogP contribution in [0.3, 0.4) is 0 Å². The van der Waals surface area contributed by atoms with Crippen LogP contribution >= 0.6 is 0 Å². The van der Waals surface area contributed by atoms with Crippen LogP contribution in [0, 0.1) is 5.82 Å². The van der Waals surface area contributed by atoms with Gasteiger partial charge < -0.3 is 10.8 Å². The van der Waals surface area contributed by atoms with Gasteiger partial charge in [-0.15, -0.1) is 0 Å². The molecule has 1 aromatic rings. The van der Waals surface area contributed by atoms with E-state index >= 15 is 0 Å². The van der Waals surface area contributed by atoms with E-state index in [9.17, 15) is 9.50 Å². The molecule has 1 aromatic carbocycles. The molecular weight excluding hydrogens is 243 g/mol. The number of halogens is 1. The number of nitrogens with zero attached hydrogens (tertiary/aromatic N) is 1. The molecule has 3 nitrogen and oxygen atoms in total. The van der Waals surface area contributed by atoms with Crippen molar-refractivity contribution < 1.29 is 9.50 Å². The Bertz CT molecular complexity index is 405. The maximum atomic E-state index is 13.1. The van der Waals surface area contributed by atoms with Gasteiger partial charge in [0.05, 0.1) is 6.61 Å². The van der Waals surface area contributed by atoms with E-state index in [2.05, 4.69) is 4.90 Å². The third kappa shape index (κ3) is 3.91. The van der Waals surface area contributed by atoms with Gasteiger partial charge in [0.2, 0.25) is 0 Å². The Morgan fingerprint density at radius 2 is 2.00 bits per heavy atom. The zero-order chi connectivity index (χ0) is 13.7. The lowest BCUT2D eigenvalue weighted by atomic mass is 9.93. The molecule has 0 spiro atoms. The van der Waals surface area contributed by atoms with Crippen molar-refractivity contribution in [1.82, 2.24) is 4.90 Å². The number of rotatable bonds is 5. The predicted molar refractivity (Wildman–Crippen MR) is 75.2 cm³/mol. The van der Waals surface area contributed by atoms with Crippen molar-refractivity contribution in [1.29, 1.82) is 0 Å². The number of aliphatic hydroxyl groups is 1. The summed E-state index contributed by atoms with van der Waals surface area (Å²) in [4.78, 5) is 2.28. The maximum absolute atomic E-state index is 13.1. The molecule has 0 aromatic heterocycles. The van der Waals surface area contributed by atoms with Crippen molar-refractivity contribution in [3.05, 3.63) is 29.6 Å². The van der Waals surface area contributed by atoms with E-state index in [1.807, 2.05) is 0 Å². The van der Waals surface area contributed by atoms with Crippen LogP contribution in [0.1, 0.15) is 37.7 Å². The van der Waals surface area contributed by atoms with Gasteiger partial charge in [-0.2, -0.15) is 0 Å². The molecule has 0 atom stereocenters. The van der Waals surface area contributed by atoms with Crippen LogP contribution in [-0.4, -0.2) is 29.2 Å². The van der Waals surface area contributed by atoms with Gasteiger partial charge in [-0.05, 0) is 30.5 Å². The molecule has 19 heavy (non-hydrogen) atoms. The van der Waals surface area contributed by atoms with Crippen LogP contribution in [0.2, 0.25) is 0 Å². The highest BCUT2D eigenvalue weighted by atomic mass is 19.1. The van der Waals surface area contributed by atoms with E-state index in [0.717, 1.165) is 5.56 Å². The maximum Gasteiger partial charge on any atom is 0.125 e. The number of hydrogen-bond donors (Lipinski definition) is 2. The first-order valence-electron chi connectivity index (χ1n) is 7.09. The van der Waals surface area contributed by atoms with Crippen LogP contribution in [0.25, 0.3) is 0 Å². The van der Waals surface area contributed by atoms with Gasteiger partial charge in [-0.1, -0.05) is 25.3 Å². The van der Waals surface area contributed by atoms with Crippen LogP contribution < -0.4 is 5.73 Å². The molecular formula is C15H23FN2O. The molecule has 0 radical (unpaired) electrons. The summed E-state index contributed by atoms with van der Waals surface area (Å²) in [5.74, 6) is -0.298. The quantitative estimate of drug-likeness (QED) is 0.805. The lowest BCUT2D eigenvalue weighted by Gasteiger charge is -2.34. The number of nitrogens with two attached hydrogens (primary N) is 1. The van der Waals surface area contributed by atoms with E-state index in [-0.39, 0.29) is 12.4 Å². The fourth-order valence-electron chi connectivity index (χ4n) is 2.89. The van der Waals surface area contributed by atoms with Crippen LogP contribution in [-0.2, 0) is 6.54 Å². The summed E-state index contributed by atoms with van der Waals surface area (Å²) in [6, 6.07) is 5.08. The minimum atomic E-state index is -0.298. The molecule has 0 amide bonds. The van der Waals surface area contributed by atoms with Crippen LogP contribution in [0.4, 0.5) is 10.1 Å². The van der Waals surface area contributed by atoms with Crippen LogP contribution in [0.15, 0.2) is 18.2 Å². The Morgan fingerprint density at radius 3 is 2.63 bits per heavy atom. The monoisotopic (exact) mass is 266 g/mol. The summed E-state index contributed by atoms with van der Waals surface area (Å²) >= 11 is 0. The van der Waals surface area contributed by atoms with Gasteiger partial charge in [0.25, 0.3) is 0 Å². The van der Waals surface area contributed by atoms with Gasteiger partial charge in [-0.3, -0.25) is 4.90 Å². The van der Waals surface area contributed by atoms with E-state index in [0.29, 0.717) is 24.8 Å². The minimum Gasteiger partial charge on any atom is -0.398 e. The number of anilines is 1. The first kappa shape index (κ1) is 14.3. The molecule has 1 aliphatic carbocycles. The number of aliphatic hydroxyl groups excluding tert-OH is 1. The van der Waals surface area contributed by atoms with Crippen molar-refractivity contribution in [3.8, 4) is 0 Å². The van der Waals surface area contributed by atoms with Crippen LogP contribution in [0.5, 0.6) is 0 Å². The summed E-state index contributed by atoms with van der Waals surface area (Å²) in [6.45, 7) is 1.50. The highest BCUT2D eigenvalue weighted by Gasteiger charge is 2.21. The Morgan fingerprint density at radius 1 is 1.26 bits per heavy atom. The SMILES string of the molecule is Nc1cc(F)ccc1CN(CCO)C1CCCCC1. The lowest BCUT2D eigenvalue weighted by Crippen LogP contribution is -2.38. The topological polar surface area (TPSA) is 49.5 Å². The summed E-state index contributed by atoms with van der Waals surface area (Å²) in [5, 5.41) is 9.23. The Kier molecular flexibility index (Phi) is 5.16. The van der Waals surface area contributed by atoms with E-state index < -0.39 is 0 Å². The molecule has 0 unspecified atom stereocenters. The fraction of sp³-hybridized carbons (Fsp3) is 0.600. The first-order chi connectivity index (χ1) is 9.20. The second-order valence-electron chi connectivity index (χ2n) is 5.33. The van der Waals surface area contributed by atoms with Gasteiger partial charge in [-0.25, -0.2) is 4.39 Å². The molecule has 0 aliphatic heterocycles. The number of benzene rings is 1. The summed E-state index contributed by atoms with van der Waals surface area (Å²) in [6.07, 6.45) is 6.18. The average molecular weight is 266 g/mol. The molecule has 1 saturated carbocycles. The van der Waals surface area contributed by atoms with E-state index in [1.165, 1.54) is 44.2 Å². The minimum absolute atomic E-state index is 0.150. The Hall–Kier alpha value is -1.13. The molecule has 1 aliphatic rings. The van der Waals surface area contributed by atoms with E-state index in [1.54, 1.807) is 6.07 Å². The fourth-order valence-corrected chi connectivity index (χ4v) is 2.89. The number of nitrogen functional groups attached to an aromatic ring is 1. The third-order valence-electron chi connectivity index (χ3n) is 3.96. The van der Waals surface area contributed by atoms with Crippen molar-refractivity contribution in [2.75, 3.05) is 18.9 Å². The van der Waals surface area contributed by atoms with Crippen molar-refractivity contribution in [3.63, 3.8) is 0 Å². The molecule has 1 fully saturated rings. The highest BCUT2D eigenvalue weighted by molar-refractivity contribution is 5.46. The zero-order valence-electron chi connectivity index (χ0n) is 11.3. The summed E-state index contributed by atoms with van der Waals surface area (Å²) < 4.78 is 13.1. The zero-order valence-corrected chi connectivity index (χ0v) is 11.3. The second-order valence-corrected chi connectivity index (χ2v) is 5.33. The smallest absolute Gasteiger partial charge is 0.125 e. The van der Waals surface area contributed by atoms with Gasteiger partial charge in [0, 0.05) is 24.8 Å². The highest BCUT2D eigenvalue weighted by Crippen LogP contribution is 2.25. The third-order valence-corrected chi connectivity index (χ3v) is 3.96. The molecule has 106 valence electrons.